The maximum Gasteiger partial charge on any atom is 0.426 e. The van der Waals surface area contributed by atoms with E-state index in [1.54, 1.807) is 0 Å². The van der Waals surface area contributed by atoms with Gasteiger partial charge in [-0.25, -0.2) is 4.79 Å². The number of esters is 2. The molecule has 0 saturated carbocycles. The third-order valence-corrected chi connectivity index (χ3v) is 5.67. The van der Waals surface area contributed by atoms with Crippen molar-refractivity contribution in [2.24, 2.45) is 0 Å². The van der Waals surface area contributed by atoms with Crippen LogP contribution in [0.25, 0.3) is 0 Å². The Bertz CT molecular complexity index is 516. The number of hydroxylamine groups is 1. The van der Waals surface area contributed by atoms with Crippen LogP contribution >= 0.6 is 0 Å². The summed E-state index contributed by atoms with van der Waals surface area (Å²) in [5.74, 6) is -0.176. The number of rotatable bonds is 25. The minimum atomic E-state index is -0.451. The van der Waals surface area contributed by atoms with E-state index in [0.717, 1.165) is 103 Å². The molecule has 1 amide bonds. The van der Waals surface area contributed by atoms with Crippen LogP contribution in [-0.4, -0.2) is 44.3 Å². The van der Waals surface area contributed by atoms with Gasteiger partial charge in [-0.3, -0.25) is 9.59 Å². The molecule has 0 rings (SSSR count). The topological polar surface area (TPSA) is 103 Å². The summed E-state index contributed by atoms with van der Waals surface area (Å²) in [6.45, 7) is 6.55. The number of carbonyl (C=O) groups is 3. The molecule has 8 nitrogen and oxygen atoms in total. The molecular formula is C27H52N2O6. The highest BCUT2D eigenvalue weighted by Gasteiger charge is 2.04. The van der Waals surface area contributed by atoms with Gasteiger partial charge in [0.1, 0.15) is 0 Å². The van der Waals surface area contributed by atoms with Crippen LogP contribution in [0.2, 0.25) is 0 Å². The first-order valence-corrected chi connectivity index (χ1v) is 14.1. The molecule has 0 saturated heterocycles. The average Bonchev–Trinajstić information content (AvgIpc) is 2.85. The second kappa shape index (κ2) is 26.8. The first-order valence-electron chi connectivity index (χ1n) is 14.1. The minimum absolute atomic E-state index is 0.0859. The van der Waals surface area contributed by atoms with Crippen molar-refractivity contribution in [2.45, 2.75) is 129 Å². The van der Waals surface area contributed by atoms with E-state index < -0.39 is 6.09 Å². The fourth-order valence-electron chi connectivity index (χ4n) is 3.49. The molecule has 0 aromatic carbocycles. The molecule has 2 N–H and O–H groups in total. The van der Waals surface area contributed by atoms with Gasteiger partial charge in [0.2, 0.25) is 0 Å². The Hall–Kier alpha value is -1.83. The third kappa shape index (κ3) is 26.6. The van der Waals surface area contributed by atoms with Gasteiger partial charge in [0, 0.05) is 25.9 Å². The molecule has 0 bridgehead atoms. The Balaban J connectivity index is 3.30. The zero-order valence-electron chi connectivity index (χ0n) is 22.5. The lowest BCUT2D eigenvalue weighted by Crippen LogP contribution is -2.31. The molecule has 8 heteroatoms. The molecule has 35 heavy (non-hydrogen) atoms. The van der Waals surface area contributed by atoms with Crippen LogP contribution in [0, 0.1) is 0 Å². The van der Waals surface area contributed by atoms with E-state index in [1.807, 2.05) is 0 Å². The first kappa shape index (κ1) is 33.2. The molecule has 0 spiro atoms. The molecule has 206 valence electrons. The van der Waals surface area contributed by atoms with Gasteiger partial charge >= 0.3 is 18.0 Å². The Kier molecular flexibility index (Phi) is 25.4. The fourth-order valence-corrected chi connectivity index (χ4v) is 3.49. The summed E-state index contributed by atoms with van der Waals surface area (Å²) in [4.78, 5) is 39.7. The van der Waals surface area contributed by atoms with Crippen LogP contribution in [0.15, 0.2) is 0 Å². The summed E-state index contributed by atoms with van der Waals surface area (Å²) in [5.41, 5.74) is 2.70. The van der Waals surface area contributed by atoms with Crippen LogP contribution < -0.4 is 10.8 Å². The molecule has 0 aliphatic rings. The zero-order valence-corrected chi connectivity index (χ0v) is 22.5. The number of ether oxygens (including phenoxy) is 2. The van der Waals surface area contributed by atoms with Crippen molar-refractivity contribution in [1.82, 2.24) is 10.8 Å². The van der Waals surface area contributed by atoms with Gasteiger partial charge < -0.3 is 19.6 Å². The van der Waals surface area contributed by atoms with E-state index in [-0.39, 0.29) is 11.9 Å². The van der Waals surface area contributed by atoms with E-state index in [9.17, 15) is 14.4 Å². The highest BCUT2D eigenvalue weighted by atomic mass is 16.7. The molecule has 0 heterocycles. The molecular weight excluding hydrogens is 448 g/mol. The normalized spacial score (nSPS) is 10.7. The highest BCUT2D eigenvalue weighted by Crippen LogP contribution is 2.07. The first-order chi connectivity index (χ1) is 17.1. The molecule has 0 fully saturated rings. The third-order valence-electron chi connectivity index (χ3n) is 5.67. The number of hydrogen-bond donors (Lipinski definition) is 2. The van der Waals surface area contributed by atoms with Crippen molar-refractivity contribution in [3.63, 3.8) is 0 Å². The van der Waals surface area contributed by atoms with E-state index in [0.29, 0.717) is 39.1 Å². The van der Waals surface area contributed by atoms with Crippen LogP contribution in [-0.2, 0) is 23.9 Å². The Labute approximate surface area is 213 Å². The molecule has 0 atom stereocenters. The van der Waals surface area contributed by atoms with Gasteiger partial charge in [0.15, 0.2) is 0 Å². The summed E-state index contributed by atoms with van der Waals surface area (Å²) >= 11 is 0. The van der Waals surface area contributed by atoms with Crippen molar-refractivity contribution in [3.05, 3.63) is 0 Å². The Morgan fingerprint density at radius 3 is 1.51 bits per heavy atom. The second-order valence-corrected chi connectivity index (χ2v) is 9.10. The maximum atomic E-state index is 11.6. The van der Waals surface area contributed by atoms with E-state index in [4.69, 9.17) is 14.3 Å². The number of carbonyl (C=O) groups excluding carboxylic acids is 3. The second-order valence-electron chi connectivity index (χ2n) is 9.10. The predicted octanol–water partition coefficient (Wildman–Crippen LogP) is 6.37. The van der Waals surface area contributed by atoms with E-state index in [2.05, 4.69) is 24.6 Å². The van der Waals surface area contributed by atoms with Gasteiger partial charge in [0.05, 0.1) is 13.2 Å². The summed E-state index contributed by atoms with van der Waals surface area (Å²) in [7, 11) is 0. The Morgan fingerprint density at radius 1 is 0.543 bits per heavy atom. The van der Waals surface area contributed by atoms with Crippen LogP contribution in [0.4, 0.5) is 4.79 Å². The summed E-state index contributed by atoms with van der Waals surface area (Å²) in [5, 5.41) is 2.73. The lowest BCUT2D eigenvalue weighted by atomic mass is 10.1. The number of unbranched alkanes of at least 4 members (excludes halogenated alkanes) is 12. The van der Waals surface area contributed by atoms with Gasteiger partial charge in [-0.15, -0.1) is 0 Å². The predicted molar refractivity (Wildman–Crippen MR) is 139 cm³/mol. The zero-order chi connectivity index (χ0) is 25.8. The van der Waals surface area contributed by atoms with Gasteiger partial charge in [-0.1, -0.05) is 78.1 Å². The van der Waals surface area contributed by atoms with Crippen LogP contribution in [0.3, 0.4) is 0 Å². The monoisotopic (exact) mass is 500 g/mol. The molecule has 0 aromatic heterocycles. The molecule has 0 aliphatic carbocycles. The van der Waals surface area contributed by atoms with Crippen molar-refractivity contribution >= 4 is 18.0 Å². The molecule has 0 radical (unpaired) electrons. The lowest BCUT2D eigenvalue weighted by Gasteiger charge is -2.08. The minimum Gasteiger partial charge on any atom is -0.466 e. The summed E-state index contributed by atoms with van der Waals surface area (Å²) < 4.78 is 10.4. The molecule has 0 unspecified atom stereocenters. The molecule has 0 aliphatic heterocycles. The lowest BCUT2D eigenvalue weighted by molar-refractivity contribution is -0.144. The number of hydrogen-bond acceptors (Lipinski definition) is 7. The van der Waals surface area contributed by atoms with Gasteiger partial charge in [-0.05, 0) is 38.5 Å². The maximum absolute atomic E-state index is 11.6. The SMILES string of the molecule is CCCCCOC(=O)CCCCCCCNOC(=O)NCCCCCCCC(=O)OCCCCC. The van der Waals surface area contributed by atoms with E-state index >= 15 is 0 Å². The largest absolute Gasteiger partial charge is 0.466 e. The highest BCUT2D eigenvalue weighted by molar-refractivity contribution is 5.69. The van der Waals surface area contributed by atoms with Crippen LogP contribution in [0.5, 0.6) is 0 Å². The average molecular weight is 501 g/mol. The van der Waals surface area contributed by atoms with Crippen LogP contribution in [0.1, 0.15) is 129 Å². The summed E-state index contributed by atoms with van der Waals surface area (Å²) in [6.07, 6.45) is 16.6. The van der Waals surface area contributed by atoms with Crippen molar-refractivity contribution < 1.29 is 28.7 Å². The van der Waals surface area contributed by atoms with E-state index in [1.165, 1.54) is 0 Å². The fraction of sp³-hybridized carbons (Fsp3) is 0.889. The number of amides is 1. The standard InChI is InChI=1S/C27H52N2O6/c1-3-5-17-23-33-25(30)19-13-9-7-11-15-21-28-27(32)35-29-22-16-12-8-10-14-20-26(31)34-24-18-6-4-2/h29H,3-24H2,1-2H3,(H,28,32). The van der Waals surface area contributed by atoms with Crippen molar-refractivity contribution in [2.75, 3.05) is 26.3 Å². The Morgan fingerprint density at radius 2 is 1.00 bits per heavy atom. The van der Waals surface area contributed by atoms with Crippen molar-refractivity contribution in [3.8, 4) is 0 Å². The molecule has 0 aromatic rings. The smallest absolute Gasteiger partial charge is 0.426 e. The summed E-state index contributed by atoms with van der Waals surface area (Å²) in [6, 6.07) is 0. The van der Waals surface area contributed by atoms with Gasteiger partial charge in [-0.2, -0.15) is 5.48 Å². The van der Waals surface area contributed by atoms with Crippen molar-refractivity contribution in [1.29, 1.82) is 0 Å². The van der Waals surface area contributed by atoms with Gasteiger partial charge in [0.25, 0.3) is 0 Å². The quantitative estimate of drug-likeness (QED) is 0.0650. The number of nitrogens with one attached hydrogen (secondary N) is 2.